The topological polar surface area (TPSA) is 77.0 Å². The maximum Gasteiger partial charge on any atom is 0.233 e. The Hall–Kier alpha value is -2.10. The number of carbonyl (C=O) groups is 2. The maximum atomic E-state index is 14.6. The lowest BCUT2D eigenvalue weighted by Crippen LogP contribution is -2.49. The second kappa shape index (κ2) is 8.99. The van der Waals surface area contributed by atoms with Crippen LogP contribution in [0.3, 0.4) is 0 Å². The number of fused-ring (bicyclic) bond motifs is 6. The number of imide groups is 1. The number of likely N-dealkylation sites (tertiary alicyclic amines) is 1. The van der Waals surface area contributed by atoms with Crippen molar-refractivity contribution in [1.82, 2.24) is 14.2 Å². The minimum atomic E-state index is -2.29. The molecular formula is C28H35FN4O3S. The summed E-state index contributed by atoms with van der Waals surface area (Å²) in [7, 11) is 0. The van der Waals surface area contributed by atoms with Crippen molar-refractivity contribution >= 4 is 39.3 Å². The molecule has 1 N–H and O–H groups in total. The zero-order valence-corrected chi connectivity index (χ0v) is 21.9. The average molecular weight is 527 g/mol. The fraction of sp³-hybridized carbons (Fsp3) is 0.679. The second-order valence-corrected chi connectivity index (χ2v) is 12.9. The highest BCUT2D eigenvalue weighted by Gasteiger charge is 2.69. The van der Waals surface area contributed by atoms with E-state index in [0.717, 1.165) is 57.8 Å². The fourth-order valence-corrected chi connectivity index (χ4v) is 9.05. The number of alkyl halides is 1. The zero-order chi connectivity index (χ0) is 25.3. The monoisotopic (exact) mass is 526 g/mol. The quantitative estimate of drug-likeness (QED) is 0.601. The standard InChI is InChI=1S/C28H35FN4O3S/c29-28(36)14-19-13-21(28)24-23(19)26(34)33(27(24)35)16-18-6-2-1-5-17(18)15-31-9-11-32(12-10-31)25-20-7-3-4-8-22(20)37-30-25/h3-4,7-8,17-19,21,23-24,36H,1-2,5-6,9-16H2/t17-,18?,19+,21+,23+,24-,28+/m0/s1. The number of benzene rings is 1. The smallest absolute Gasteiger partial charge is 0.233 e. The van der Waals surface area contributed by atoms with Crippen LogP contribution in [0.5, 0.6) is 0 Å². The van der Waals surface area contributed by atoms with Gasteiger partial charge in [-0.3, -0.25) is 19.4 Å². The number of aromatic nitrogens is 1. The zero-order valence-electron chi connectivity index (χ0n) is 21.1. The molecule has 0 spiro atoms. The normalized spacial score (nSPS) is 38.2. The van der Waals surface area contributed by atoms with Crippen LogP contribution in [-0.2, 0) is 9.59 Å². The number of anilines is 1. The van der Waals surface area contributed by atoms with Crippen LogP contribution in [0.15, 0.2) is 24.3 Å². The van der Waals surface area contributed by atoms with Crippen molar-refractivity contribution < 1.29 is 19.1 Å². The molecule has 7 nitrogen and oxygen atoms in total. The predicted octanol–water partition coefficient (Wildman–Crippen LogP) is 3.52. The Bertz CT molecular complexity index is 1210. The molecule has 1 unspecified atom stereocenters. The van der Waals surface area contributed by atoms with Crippen LogP contribution in [-0.4, -0.2) is 76.2 Å². The van der Waals surface area contributed by atoms with E-state index in [1.54, 1.807) is 11.5 Å². The molecule has 9 heteroatoms. The number of carbonyl (C=O) groups excluding carboxylic acids is 2. The van der Waals surface area contributed by atoms with E-state index in [1.807, 2.05) is 0 Å². The average Bonchev–Trinajstić information content (AvgIpc) is 3.62. The van der Waals surface area contributed by atoms with Crippen molar-refractivity contribution in [3.63, 3.8) is 0 Å². The van der Waals surface area contributed by atoms with Crippen LogP contribution in [0.4, 0.5) is 10.2 Å². The van der Waals surface area contributed by atoms with Gasteiger partial charge in [0.1, 0.15) is 5.82 Å². The molecule has 0 radical (unpaired) electrons. The molecule has 3 heterocycles. The summed E-state index contributed by atoms with van der Waals surface area (Å²) in [5.41, 5.74) is 0. The van der Waals surface area contributed by atoms with E-state index in [1.165, 1.54) is 21.4 Å². The Labute approximate surface area is 220 Å². The lowest BCUT2D eigenvalue weighted by molar-refractivity contribution is -0.161. The van der Waals surface area contributed by atoms with Crippen molar-refractivity contribution in [2.24, 2.45) is 35.5 Å². The summed E-state index contributed by atoms with van der Waals surface area (Å²) < 4.78 is 20.6. The molecule has 198 valence electrons. The van der Waals surface area contributed by atoms with Gasteiger partial charge in [0.15, 0.2) is 0 Å². The van der Waals surface area contributed by atoms with Crippen molar-refractivity contribution in [1.29, 1.82) is 0 Å². The van der Waals surface area contributed by atoms with Crippen LogP contribution in [0.2, 0.25) is 0 Å². The lowest BCUT2D eigenvalue weighted by Gasteiger charge is -2.40. The SMILES string of the molecule is O=C1[C@@H]2[C@@H]3C[C@H]([C@@H]2C(=O)N1CC1CCCC[C@H]1CN1CCN(c2nsc4ccccc24)CC1)[C@@](O)(F)C3. The molecule has 7 rings (SSSR count). The molecule has 2 aliphatic heterocycles. The van der Waals surface area contributed by atoms with Crippen molar-refractivity contribution in [2.45, 2.75) is 44.4 Å². The molecule has 2 amide bonds. The minimum Gasteiger partial charge on any atom is -0.361 e. The summed E-state index contributed by atoms with van der Waals surface area (Å²) >= 11 is 1.56. The predicted molar refractivity (Wildman–Crippen MR) is 140 cm³/mol. The Morgan fingerprint density at radius 1 is 1.00 bits per heavy atom. The van der Waals surface area contributed by atoms with Gasteiger partial charge in [0.25, 0.3) is 0 Å². The molecule has 2 saturated heterocycles. The van der Waals surface area contributed by atoms with Crippen LogP contribution >= 0.6 is 11.5 Å². The lowest BCUT2D eigenvalue weighted by atomic mass is 9.78. The largest absolute Gasteiger partial charge is 0.361 e. The highest BCUT2D eigenvalue weighted by atomic mass is 32.1. The number of rotatable bonds is 5. The number of amides is 2. The highest BCUT2D eigenvalue weighted by Crippen LogP contribution is 2.60. The number of nitrogens with zero attached hydrogens (tertiary/aromatic N) is 4. The van der Waals surface area contributed by atoms with Gasteiger partial charge in [0, 0.05) is 57.0 Å². The number of hydrogen-bond donors (Lipinski definition) is 1. The molecule has 7 atom stereocenters. The molecule has 5 aliphatic rings. The van der Waals surface area contributed by atoms with Crippen LogP contribution in [0, 0.1) is 35.5 Å². The summed E-state index contributed by atoms with van der Waals surface area (Å²) in [4.78, 5) is 33.0. The number of halogens is 1. The van der Waals surface area contributed by atoms with Crippen LogP contribution in [0.1, 0.15) is 38.5 Å². The third-order valence-corrected chi connectivity index (χ3v) is 10.9. The minimum absolute atomic E-state index is 0.000417. The summed E-state index contributed by atoms with van der Waals surface area (Å²) in [6.07, 6.45) is 4.94. The third kappa shape index (κ3) is 3.91. The van der Waals surface area contributed by atoms with Crippen molar-refractivity contribution in [3.8, 4) is 0 Å². The van der Waals surface area contributed by atoms with Gasteiger partial charge in [0.2, 0.25) is 17.7 Å². The summed E-state index contributed by atoms with van der Waals surface area (Å²) in [6, 6.07) is 8.41. The van der Waals surface area contributed by atoms with Gasteiger partial charge in [-0.1, -0.05) is 25.0 Å². The molecule has 37 heavy (non-hydrogen) atoms. The number of piperazine rings is 1. The van der Waals surface area contributed by atoms with Gasteiger partial charge in [-0.2, -0.15) is 4.37 Å². The number of aliphatic hydroxyl groups is 1. The van der Waals surface area contributed by atoms with E-state index >= 15 is 0 Å². The summed E-state index contributed by atoms with van der Waals surface area (Å²) in [5.74, 6) is -2.75. The van der Waals surface area contributed by atoms with E-state index in [2.05, 4.69) is 34.1 Å². The molecular weight excluding hydrogens is 491 g/mol. The third-order valence-electron chi connectivity index (χ3n) is 10.1. The van der Waals surface area contributed by atoms with E-state index in [9.17, 15) is 19.1 Å². The number of hydrogen-bond acceptors (Lipinski definition) is 7. The van der Waals surface area contributed by atoms with Gasteiger partial charge < -0.3 is 10.0 Å². The summed E-state index contributed by atoms with van der Waals surface area (Å²) in [6.45, 7) is 5.33. The van der Waals surface area contributed by atoms with E-state index in [4.69, 9.17) is 4.37 Å². The first-order chi connectivity index (χ1) is 17.9. The Morgan fingerprint density at radius 2 is 1.70 bits per heavy atom. The molecule has 3 saturated carbocycles. The van der Waals surface area contributed by atoms with Crippen molar-refractivity contribution in [3.05, 3.63) is 24.3 Å². The van der Waals surface area contributed by atoms with Gasteiger partial charge >= 0.3 is 0 Å². The first-order valence-electron chi connectivity index (χ1n) is 14.0. The van der Waals surface area contributed by atoms with Gasteiger partial charge in [-0.25, -0.2) is 4.39 Å². The maximum absolute atomic E-state index is 14.6. The fourth-order valence-electron chi connectivity index (χ4n) is 8.25. The first kappa shape index (κ1) is 24.0. The van der Waals surface area contributed by atoms with Gasteiger partial charge in [-0.05, 0) is 60.7 Å². The second-order valence-electron chi connectivity index (χ2n) is 12.1. The molecule has 5 fully saturated rings. The van der Waals surface area contributed by atoms with Gasteiger partial charge in [0.05, 0.1) is 16.5 Å². The Balaban J connectivity index is 0.991. The molecule has 1 aromatic heterocycles. The van der Waals surface area contributed by atoms with E-state index in [-0.39, 0.29) is 24.2 Å². The molecule has 3 aliphatic carbocycles. The molecule has 1 aromatic carbocycles. The Kier molecular flexibility index (Phi) is 5.82. The first-order valence-corrected chi connectivity index (χ1v) is 14.8. The van der Waals surface area contributed by atoms with Crippen LogP contribution in [0.25, 0.3) is 10.1 Å². The van der Waals surface area contributed by atoms with E-state index < -0.39 is 23.6 Å². The van der Waals surface area contributed by atoms with Crippen LogP contribution < -0.4 is 4.90 Å². The summed E-state index contributed by atoms with van der Waals surface area (Å²) in [5, 5.41) is 11.4. The molecule has 2 aromatic rings. The Morgan fingerprint density at radius 3 is 2.49 bits per heavy atom. The molecule has 2 bridgehead atoms. The van der Waals surface area contributed by atoms with E-state index in [0.29, 0.717) is 24.8 Å². The highest BCUT2D eigenvalue weighted by molar-refractivity contribution is 7.13. The van der Waals surface area contributed by atoms with Gasteiger partial charge in [-0.15, -0.1) is 0 Å². The van der Waals surface area contributed by atoms with Crippen molar-refractivity contribution in [2.75, 3.05) is 44.2 Å².